The van der Waals surface area contributed by atoms with Crippen LogP contribution in [0.4, 0.5) is 5.82 Å². The maximum atomic E-state index is 11.1. The van der Waals surface area contributed by atoms with Crippen molar-refractivity contribution in [3.63, 3.8) is 0 Å². The van der Waals surface area contributed by atoms with Crippen LogP contribution in [0.3, 0.4) is 0 Å². The third kappa shape index (κ3) is 5.71. The van der Waals surface area contributed by atoms with Gasteiger partial charge in [0.05, 0.1) is 0 Å². The quantitative estimate of drug-likeness (QED) is 0.833. The van der Waals surface area contributed by atoms with Gasteiger partial charge >= 0.3 is 0 Å². The van der Waals surface area contributed by atoms with Gasteiger partial charge in [0.25, 0.3) is 0 Å². The summed E-state index contributed by atoms with van der Waals surface area (Å²) in [5.74, 6) is 0.351. The fourth-order valence-corrected chi connectivity index (χ4v) is 2.18. The van der Waals surface area contributed by atoms with E-state index in [2.05, 4.69) is 36.1 Å². The number of carbonyl (C=O) groups excluding carboxylic acids is 1. The van der Waals surface area contributed by atoms with Crippen LogP contribution in [-0.4, -0.2) is 22.4 Å². The van der Waals surface area contributed by atoms with E-state index in [-0.39, 0.29) is 11.2 Å². The van der Waals surface area contributed by atoms with Crippen molar-refractivity contribution < 1.29 is 4.79 Å². The van der Waals surface area contributed by atoms with Gasteiger partial charge in [0.1, 0.15) is 11.9 Å². The van der Waals surface area contributed by atoms with Crippen LogP contribution in [0.1, 0.15) is 48.1 Å². The molecule has 1 amide bonds. The second kappa shape index (κ2) is 8.26. The highest BCUT2D eigenvalue weighted by atomic mass is 16.1. The van der Waals surface area contributed by atoms with Gasteiger partial charge in [-0.05, 0) is 29.5 Å². The predicted molar refractivity (Wildman–Crippen MR) is 102 cm³/mol. The summed E-state index contributed by atoms with van der Waals surface area (Å²) in [7, 11) is 0. The van der Waals surface area contributed by atoms with Crippen molar-refractivity contribution in [2.75, 3.05) is 11.9 Å². The number of rotatable bonds is 6. The Kier molecular flexibility index (Phi) is 6.07. The number of amides is 1. The largest absolute Gasteiger partial charge is 0.369 e. The Hall–Kier alpha value is -3.20. The zero-order valence-electron chi connectivity index (χ0n) is 15.3. The van der Waals surface area contributed by atoms with E-state index in [0.29, 0.717) is 17.8 Å². The Morgan fingerprint density at radius 2 is 2.00 bits per heavy atom. The van der Waals surface area contributed by atoms with Crippen LogP contribution < -0.4 is 11.1 Å². The topological polar surface area (TPSA) is 105 Å². The Morgan fingerprint density at radius 3 is 2.58 bits per heavy atom. The number of nitrogens with zero attached hydrogens (tertiary/aromatic N) is 3. The maximum Gasteiger partial charge on any atom is 0.248 e. The standard InChI is InChI=1S/C20H23N5O/c1-20(2,3)13-24-19-16(12-23-17(11-21)25-19)6-4-5-14-7-9-15(10-8-14)18(22)26/h4,6-10,12H,5,13H2,1-3H3,(H2,22,26)(H,23,24,25)/b6-4+. The molecular formula is C20H23N5O. The number of anilines is 1. The van der Waals surface area contributed by atoms with Gasteiger partial charge in [0.15, 0.2) is 0 Å². The minimum absolute atomic E-state index is 0.0842. The molecule has 0 aliphatic rings. The highest BCUT2D eigenvalue weighted by Crippen LogP contribution is 2.18. The number of nitriles is 1. The lowest BCUT2D eigenvalue weighted by molar-refractivity contribution is 0.100. The first-order valence-corrected chi connectivity index (χ1v) is 8.35. The number of hydrogen-bond acceptors (Lipinski definition) is 5. The molecule has 2 rings (SSSR count). The number of aromatic nitrogens is 2. The van der Waals surface area contributed by atoms with Crippen LogP contribution in [-0.2, 0) is 6.42 Å². The Balaban J connectivity index is 2.13. The molecule has 26 heavy (non-hydrogen) atoms. The zero-order valence-corrected chi connectivity index (χ0v) is 15.3. The van der Waals surface area contributed by atoms with Crippen molar-refractivity contribution in [1.29, 1.82) is 5.26 Å². The van der Waals surface area contributed by atoms with Crippen LogP contribution >= 0.6 is 0 Å². The van der Waals surface area contributed by atoms with Crippen molar-refractivity contribution in [1.82, 2.24) is 9.97 Å². The SMILES string of the molecule is CC(C)(C)CNc1nc(C#N)ncc1/C=C/Cc1ccc(C(N)=O)cc1. The van der Waals surface area contributed by atoms with Crippen LogP contribution in [0.2, 0.25) is 0 Å². The first kappa shape index (κ1) is 19.1. The van der Waals surface area contributed by atoms with Gasteiger partial charge < -0.3 is 11.1 Å². The van der Waals surface area contributed by atoms with Crippen LogP contribution in [0.25, 0.3) is 6.08 Å². The molecule has 6 nitrogen and oxygen atoms in total. The molecule has 0 spiro atoms. The van der Waals surface area contributed by atoms with Gasteiger partial charge in [-0.3, -0.25) is 4.79 Å². The highest BCUT2D eigenvalue weighted by Gasteiger charge is 2.12. The fourth-order valence-electron chi connectivity index (χ4n) is 2.18. The molecule has 0 aliphatic carbocycles. The third-order valence-electron chi connectivity index (χ3n) is 3.59. The number of benzene rings is 1. The second-order valence-corrected chi connectivity index (χ2v) is 7.19. The molecular weight excluding hydrogens is 326 g/mol. The van der Waals surface area contributed by atoms with E-state index in [1.165, 1.54) is 0 Å². The van der Waals surface area contributed by atoms with Gasteiger partial charge in [-0.1, -0.05) is 45.1 Å². The van der Waals surface area contributed by atoms with Crippen molar-refractivity contribution in [3.8, 4) is 6.07 Å². The Labute approximate surface area is 153 Å². The summed E-state index contributed by atoms with van der Waals surface area (Å²) in [5, 5.41) is 12.3. The van der Waals surface area contributed by atoms with Crippen LogP contribution in [0.5, 0.6) is 0 Å². The molecule has 0 aliphatic heterocycles. The summed E-state index contributed by atoms with van der Waals surface area (Å²) < 4.78 is 0. The number of nitrogens with two attached hydrogens (primary N) is 1. The van der Waals surface area contributed by atoms with E-state index in [9.17, 15) is 4.79 Å². The van der Waals surface area contributed by atoms with E-state index in [1.807, 2.05) is 30.4 Å². The smallest absolute Gasteiger partial charge is 0.248 e. The number of hydrogen-bond donors (Lipinski definition) is 2. The Morgan fingerprint density at radius 1 is 1.31 bits per heavy atom. The molecule has 0 saturated heterocycles. The number of allylic oxidation sites excluding steroid dienone is 1. The zero-order chi connectivity index (χ0) is 19.2. The highest BCUT2D eigenvalue weighted by molar-refractivity contribution is 5.92. The molecule has 0 unspecified atom stereocenters. The minimum Gasteiger partial charge on any atom is -0.369 e. The Bertz CT molecular complexity index is 842. The first-order chi connectivity index (χ1) is 12.3. The second-order valence-electron chi connectivity index (χ2n) is 7.19. The maximum absolute atomic E-state index is 11.1. The minimum atomic E-state index is -0.434. The van der Waals surface area contributed by atoms with Gasteiger partial charge in [-0.15, -0.1) is 0 Å². The predicted octanol–water partition coefficient (Wildman–Crippen LogP) is 3.16. The number of primary amides is 1. The van der Waals surface area contributed by atoms with E-state index < -0.39 is 5.91 Å². The molecule has 2 aromatic rings. The van der Waals surface area contributed by atoms with Gasteiger partial charge in [0, 0.05) is 23.9 Å². The molecule has 0 bridgehead atoms. The van der Waals surface area contributed by atoms with E-state index in [1.54, 1.807) is 18.3 Å². The third-order valence-corrected chi connectivity index (χ3v) is 3.59. The molecule has 134 valence electrons. The molecule has 0 radical (unpaired) electrons. The van der Waals surface area contributed by atoms with Crippen LogP contribution in [0.15, 0.2) is 36.5 Å². The summed E-state index contributed by atoms with van der Waals surface area (Å²) in [6, 6.07) is 9.14. The average Bonchev–Trinajstić information content (AvgIpc) is 2.60. The lowest BCUT2D eigenvalue weighted by Gasteiger charge is -2.19. The van der Waals surface area contributed by atoms with Crippen molar-refractivity contribution in [2.24, 2.45) is 11.1 Å². The van der Waals surface area contributed by atoms with Crippen molar-refractivity contribution >= 4 is 17.8 Å². The molecule has 6 heteroatoms. The van der Waals surface area contributed by atoms with E-state index in [0.717, 1.165) is 17.7 Å². The summed E-state index contributed by atoms with van der Waals surface area (Å²) in [6.07, 6.45) is 6.25. The molecule has 0 fully saturated rings. The van der Waals surface area contributed by atoms with Gasteiger partial charge in [0.2, 0.25) is 11.7 Å². The van der Waals surface area contributed by atoms with E-state index >= 15 is 0 Å². The summed E-state index contributed by atoms with van der Waals surface area (Å²) >= 11 is 0. The number of nitrogens with one attached hydrogen (secondary N) is 1. The molecule has 0 saturated carbocycles. The summed E-state index contributed by atoms with van der Waals surface area (Å²) in [5.41, 5.74) is 7.70. The normalized spacial score (nSPS) is 11.3. The lowest BCUT2D eigenvalue weighted by Crippen LogP contribution is -2.20. The molecule has 1 aromatic carbocycles. The fraction of sp³-hybridized carbons (Fsp3) is 0.300. The molecule has 1 heterocycles. The monoisotopic (exact) mass is 349 g/mol. The first-order valence-electron chi connectivity index (χ1n) is 8.35. The molecule has 0 atom stereocenters. The van der Waals surface area contributed by atoms with Crippen LogP contribution in [0, 0.1) is 16.7 Å². The van der Waals surface area contributed by atoms with Crippen molar-refractivity contribution in [3.05, 3.63) is 59.1 Å². The van der Waals surface area contributed by atoms with Gasteiger partial charge in [-0.2, -0.15) is 5.26 Å². The van der Waals surface area contributed by atoms with E-state index in [4.69, 9.17) is 11.0 Å². The summed E-state index contributed by atoms with van der Waals surface area (Å²) in [6.45, 7) is 7.09. The average molecular weight is 349 g/mol. The van der Waals surface area contributed by atoms with Crippen molar-refractivity contribution in [2.45, 2.75) is 27.2 Å². The molecule has 3 N–H and O–H groups in total. The van der Waals surface area contributed by atoms with Gasteiger partial charge in [-0.25, -0.2) is 9.97 Å². The summed E-state index contributed by atoms with van der Waals surface area (Å²) in [4.78, 5) is 19.4. The number of carbonyl (C=O) groups is 1. The molecule has 1 aromatic heterocycles. The lowest BCUT2D eigenvalue weighted by atomic mass is 9.97.